The van der Waals surface area contributed by atoms with Crippen molar-refractivity contribution in [3.8, 4) is 11.1 Å². The Morgan fingerprint density at radius 3 is 2.04 bits per heavy atom. The van der Waals surface area contributed by atoms with Gasteiger partial charge in [0, 0.05) is 0 Å². The van der Waals surface area contributed by atoms with Gasteiger partial charge in [-0.3, -0.25) is 0 Å². The first kappa shape index (κ1) is 18.0. The Hall–Kier alpha value is -2.32. The Balaban J connectivity index is 2.14. The van der Waals surface area contributed by atoms with Crippen molar-refractivity contribution < 1.29 is 31.3 Å². The first-order valence-electron chi connectivity index (χ1n) is 6.82. The molecule has 8 heteroatoms. The summed E-state index contributed by atoms with van der Waals surface area (Å²) in [6.07, 6.45) is -2.40. The summed E-state index contributed by atoms with van der Waals surface area (Å²) in [5.41, 5.74) is 1.66. The first-order valence-corrected chi connectivity index (χ1v) is 8.23. The monoisotopic (exact) mass is 355 g/mol. The second-order valence-electron chi connectivity index (χ2n) is 5.01. The molecular formula is C16H13F2O5S-. The van der Waals surface area contributed by atoms with Crippen LogP contribution in [0.5, 0.6) is 0 Å². The molecule has 2 aromatic carbocycles. The minimum atomic E-state index is -5.93. The van der Waals surface area contributed by atoms with Crippen LogP contribution in [-0.4, -0.2) is 30.3 Å². The summed E-state index contributed by atoms with van der Waals surface area (Å²) in [6, 6.07) is 15.2. The summed E-state index contributed by atoms with van der Waals surface area (Å²) in [7, 11) is -5.93. The molecule has 0 aromatic heterocycles. The number of alkyl halides is 2. The zero-order valence-electron chi connectivity index (χ0n) is 12.5. The highest BCUT2D eigenvalue weighted by molar-refractivity contribution is 7.86. The van der Waals surface area contributed by atoms with E-state index in [1.165, 1.54) is 12.1 Å². The molecule has 0 N–H and O–H groups in total. The summed E-state index contributed by atoms with van der Waals surface area (Å²) in [5, 5.41) is -4.70. The maximum absolute atomic E-state index is 13.3. The lowest BCUT2D eigenvalue weighted by Gasteiger charge is -2.25. The van der Waals surface area contributed by atoms with Gasteiger partial charge in [-0.1, -0.05) is 42.5 Å². The van der Waals surface area contributed by atoms with E-state index in [-0.39, 0.29) is 5.56 Å². The minimum absolute atomic E-state index is 0.0411. The predicted molar refractivity (Wildman–Crippen MR) is 81.4 cm³/mol. The second-order valence-corrected chi connectivity index (χ2v) is 6.46. The van der Waals surface area contributed by atoms with Crippen molar-refractivity contribution in [3.63, 3.8) is 0 Å². The zero-order valence-corrected chi connectivity index (χ0v) is 13.3. The number of hydrogen-bond donors (Lipinski definition) is 0. The van der Waals surface area contributed by atoms with E-state index in [9.17, 15) is 26.5 Å². The molecule has 0 saturated heterocycles. The Labute approximate surface area is 137 Å². The van der Waals surface area contributed by atoms with Crippen LogP contribution in [0.25, 0.3) is 11.1 Å². The normalized spacial score (nSPS) is 13.3. The Morgan fingerprint density at radius 2 is 1.54 bits per heavy atom. The number of ether oxygens (including phenoxy) is 1. The number of rotatable bonds is 5. The van der Waals surface area contributed by atoms with Crippen LogP contribution in [0, 0.1) is 0 Å². The number of carbonyl (C=O) groups excluding carboxylic acids is 1. The van der Waals surface area contributed by atoms with Gasteiger partial charge in [0.15, 0.2) is 16.2 Å². The van der Waals surface area contributed by atoms with E-state index in [4.69, 9.17) is 0 Å². The predicted octanol–water partition coefficient (Wildman–Crippen LogP) is 3.04. The maximum atomic E-state index is 13.3. The summed E-state index contributed by atoms with van der Waals surface area (Å²) >= 11 is 0. The summed E-state index contributed by atoms with van der Waals surface area (Å²) in [5.74, 6) is -1.15. The number of carbonyl (C=O) groups is 1. The molecule has 0 spiro atoms. The summed E-state index contributed by atoms with van der Waals surface area (Å²) < 4.78 is 62.6. The van der Waals surface area contributed by atoms with Crippen molar-refractivity contribution in [2.45, 2.75) is 18.3 Å². The minimum Gasteiger partial charge on any atom is -0.743 e. The highest BCUT2D eigenvalue weighted by Gasteiger charge is 2.46. The van der Waals surface area contributed by atoms with Crippen LogP contribution in [0.4, 0.5) is 8.78 Å². The van der Waals surface area contributed by atoms with Crippen LogP contribution < -0.4 is 0 Å². The Bertz CT molecular complexity index is 817. The van der Waals surface area contributed by atoms with E-state index in [0.717, 1.165) is 11.1 Å². The van der Waals surface area contributed by atoms with E-state index in [2.05, 4.69) is 4.74 Å². The lowest BCUT2D eigenvalue weighted by molar-refractivity contribution is -0.0554. The molecule has 0 radical (unpaired) electrons. The Kier molecular flexibility index (Phi) is 5.00. The fraction of sp³-hybridized carbons (Fsp3) is 0.188. The standard InChI is InChI=1S/C16H14F2O5S/c1-11(16(17,18)24(20,21)22)23-15(19)14-9-7-13(8-10-14)12-5-3-2-4-6-12/h2-11H,1H3,(H,20,21,22)/p-1. The molecular weight excluding hydrogens is 342 g/mol. The van der Waals surface area contributed by atoms with Gasteiger partial charge < -0.3 is 9.29 Å². The van der Waals surface area contributed by atoms with Crippen molar-refractivity contribution in [2.24, 2.45) is 0 Å². The fourth-order valence-electron chi connectivity index (χ4n) is 1.93. The number of hydrogen-bond acceptors (Lipinski definition) is 5. The molecule has 0 amide bonds. The van der Waals surface area contributed by atoms with Crippen LogP contribution >= 0.6 is 0 Å². The molecule has 1 atom stereocenters. The van der Waals surface area contributed by atoms with Gasteiger partial charge >= 0.3 is 11.2 Å². The summed E-state index contributed by atoms with van der Waals surface area (Å²) in [4.78, 5) is 11.8. The quantitative estimate of drug-likeness (QED) is 0.608. The van der Waals surface area contributed by atoms with Crippen LogP contribution in [0.15, 0.2) is 54.6 Å². The van der Waals surface area contributed by atoms with Gasteiger partial charge in [-0.2, -0.15) is 8.78 Å². The molecule has 0 heterocycles. The molecule has 128 valence electrons. The summed E-state index contributed by atoms with van der Waals surface area (Å²) in [6.45, 7) is 0.645. The average Bonchev–Trinajstić information content (AvgIpc) is 2.54. The number of esters is 1. The largest absolute Gasteiger partial charge is 0.743 e. The van der Waals surface area contributed by atoms with Gasteiger partial charge in [0.05, 0.1) is 5.56 Å². The third-order valence-corrected chi connectivity index (χ3v) is 4.32. The third-order valence-electron chi connectivity index (χ3n) is 3.32. The number of halogens is 2. The molecule has 0 fully saturated rings. The smallest absolute Gasteiger partial charge is 0.370 e. The topological polar surface area (TPSA) is 83.5 Å². The molecule has 2 aromatic rings. The highest BCUT2D eigenvalue weighted by Crippen LogP contribution is 2.28. The van der Waals surface area contributed by atoms with E-state index in [1.54, 1.807) is 12.1 Å². The van der Waals surface area contributed by atoms with Crippen LogP contribution in [0.1, 0.15) is 17.3 Å². The van der Waals surface area contributed by atoms with Crippen molar-refractivity contribution in [1.29, 1.82) is 0 Å². The molecule has 5 nitrogen and oxygen atoms in total. The van der Waals surface area contributed by atoms with Crippen molar-refractivity contribution in [3.05, 3.63) is 60.2 Å². The van der Waals surface area contributed by atoms with E-state index < -0.39 is 27.4 Å². The van der Waals surface area contributed by atoms with E-state index in [0.29, 0.717) is 6.92 Å². The SMILES string of the molecule is CC(OC(=O)c1ccc(-c2ccccc2)cc1)C(F)(F)S(=O)(=O)[O-]. The van der Waals surface area contributed by atoms with E-state index in [1.807, 2.05) is 30.3 Å². The first-order chi connectivity index (χ1) is 11.1. The van der Waals surface area contributed by atoms with Gasteiger partial charge in [-0.05, 0) is 30.2 Å². The van der Waals surface area contributed by atoms with Crippen LogP contribution in [0.3, 0.4) is 0 Å². The number of benzene rings is 2. The van der Waals surface area contributed by atoms with Crippen LogP contribution in [-0.2, 0) is 14.9 Å². The Morgan fingerprint density at radius 1 is 1.04 bits per heavy atom. The van der Waals surface area contributed by atoms with Gasteiger partial charge in [-0.25, -0.2) is 13.2 Å². The third kappa shape index (κ3) is 3.77. The zero-order chi connectivity index (χ0) is 18.0. The molecule has 0 aliphatic heterocycles. The highest BCUT2D eigenvalue weighted by atomic mass is 32.2. The molecule has 1 unspecified atom stereocenters. The van der Waals surface area contributed by atoms with Crippen molar-refractivity contribution >= 4 is 16.1 Å². The van der Waals surface area contributed by atoms with Gasteiger partial charge in [-0.15, -0.1) is 0 Å². The van der Waals surface area contributed by atoms with Crippen molar-refractivity contribution in [2.75, 3.05) is 0 Å². The maximum Gasteiger partial charge on any atom is 0.370 e. The van der Waals surface area contributed by atoms with Crippen LogP contribution in [0.2, 0.25) is 0 Å². The lowest BCUT2D eigenvalue weighted by Crippen LogP contribution is -2.42. The molecule has 0 saturated carbocycles. The lowest BCUT2D eigenvalue weighted by atomic mass is 10.0. The molecule has 0 aliphatic rings. The molecule has 0 bridgehead atoms. The van der Waals surface area contributed by atoms with Gasteiger partial charge in [0.2, 0.25) is 0 Å². The molecule has 2 rings (SSSR count). The fourth-order valence-corrected chi connectivity index (χ4v) is 2.38. The van der Waals surface area contributed by atoms with Gasteiger partial charge in [0.25, 0.3) is 0 Å². The average molecular weight is 355 g/mol. The van der Waals surface area contributed by atoms with Gasteiger partial charge in [0.1, 0.15) is 0 Å². The molecule has 24 heavy (non-hydrogen) atoms. The van der Waals surface area contributed by atoms with E-state index >= 15 is 0 Å². The van der Waals surface area contributed by atoms with Crippen molar-refractivity contribution in [1.82, 2.24) is 0 Å². The second kappa shape index (κ2) is 6.66. The molecule has 0 aliphatic carbocycles.